The molecule has 0 N–H and O–H groups in total. The first-order chi connectivity index (χ1) is 11.4. The maximum Gasteiger partial charge on any atom is 0.237 e. The van der Waals surface area contributed by atoms with Crippen molar-refractivity contribution >= 4 is 11.6 Å². The standard InChI is InChI=1S/C21H22N2O/c1-20(2,15-22)14-21(3)17-11-7-8-12-18(17)23(19(21)24)13-16-9-5-4-6-10-16/h4-12H,13-14H2,1-3H3. The molecule has 3 nitrogen and oxygen atoms in total. The van der Waals surface area contributed by atoms with Crippen molar-refractivity contribution in [3.05, 3.63) is 65.7 Å². The minimum absolute atomic E-state index is 0.0795. The molecule has 122 valence electrons. The fourth-order valence-electron chi connectivity index (χ4n) is 3.72. The molecular weight excluding hydrogens is 296 g/mol. The lowest BCUT2D eigenvalue weighted by atomic mass is 9.71. The van der Waals surface area contributed by atoms with Crippen molar-refractivity contribution in [1.29, 1.82) is 5.26 Å². The fourth-order valence-corrected chi connectivity index (χ4v) is 3.72. The first-order valence-electron chi connectivity index (χ1n) is 8.24. The highest BCUT2D eigenvalue weighted by molar-refractivity contribution is 6.07. The van der Waals surface area contributed by atoms with Gasteiger partial charge >= 0.3 is 0 Å². The predicted molar refractivity (Wildman–Crippen MR) is 95.4 cm³/mol. The summed E-state index contributed by atoms with van der Waals surface area (Å²) >= 11 is 0. The number of rotatable bonds is 4. The molecule has 0 bridgehead atoms. The van der Waals surface area contributed by atoms with Gasteiger partial charge in [-0.25, -0.2) is 0 Å². The number of para-hydroxylation sites is 1. The third kappa shape index (κ3) is 2.69. The summed E-state index contributed by atoms with van der Waals surface area (Å²) in [5, 5.41) is 9.43. The average molecular weight is 318 g/mol. The van der Waals surface area contributed by atoms with Gasteiger partial charge in [0.2, 0.25) is 5.91 Å². The van der Waals surface area contributed by atoms with Crippen LogP contribution in [0, 0.1) is 16.7 Å². The van der Waals surface area contributed by atoms with Crippen molar-refractivity contribution in [2.24, 2.45) is 5.41 Å². The van der Waals surface area contributed by atoms with Crippen molar-refractivity contribution in [1.82, 2.24) is 0 Å². The van der Waals surface area contributed by atoms with Crippen molar-refractivity contribution in [2.75, 3.05) is 4.90 Å². The molecule has 1 unspecified atom stereocenters. The van der Waals surface area contributed by atoms with Crippen LogP contribution in [0.4, 0.5) is 5.69 Å². The second-order valence-electron chi connectivity index (χ2n) is 7.40. The minimum Gasteiger partial charge on any atom is -0.307 e. The van der Waals surface area contributed by atoms with E-state index in [0.29, 0.717) is 13.0 Å². The smallest absolute Gasteiger partial charge is 0.237 e. The predicted octanol–water partition coefficient (Wildman–Crippen LogP) is 4.43. The Labute approximate surface area is 143 Å². The summed E-state index contributed by atoms with van der Waals surface area (Å²) in [5.74, 6) is 0.0795. The normalized spacial score (nSPS) is 19.9. The Morgan fingerprint density at radius 3 is 2.38 bits per heavy atom. The van der Waals surface area contributed by atoms with Crippen LogP contribution in [0.2, 0.25) is 0 Å². The van der Waals surface area contributed by atoms with Gasteiger partial charge in [-0.2, -0.15) is 5.26 Å². The Morgan fingerprint density at radius 2 is 1.71 bits per heavy atom. The van der Waals surface area contributed by atoms with E-state index >= 15 is 0 Å². The summed E-state index contributed by atoms with van der Waals surface area (Å²) in [4.78, 5) is 15.2. The lowest BCUT2D eigenvalue weighted by Crippen LogP contribution is -2.40. The zero-order valence-electron chi connectivity index (χ0n) is 14.4. The van der Waals surface area contributed by atoms with Gasteiger partial charge in [0.1, 0.15) is 0 Å². The second-order valence-corrected chi connectivity index (χ2v) is 7.40. The van der Waals surface area contributed by atoms with Gasteiger partial charge in [-0.05, 0) is 44.4 Å². The molecule has 0 fully saturated rings. The number of anilines is 1. The van der Waals surface area contributed by atoms with Gasteiger partial charge in [0, 0.05) is 5.69 Å². The molecule has 0 aromatic heterocycles. The first-order valence-corrected chi connectivity index (χ1v) is 8.24. The van der Waals surface area contributed by atoms with E-state index in [2.05, 4.69) is 6.07 Å². The van der Waals surface area contributed by atoms with Gasteiger partial charge < -0.3 is 4.90 Å². The molecule has 2 aromatic carbocycles. The number of carbonyl (C=O) groups excluding carboxylic acids is 1. The molecule has 1 amide bonds. The van der Waals surface area contributed by atoms with Crippen molar-refractivity contribution in [3.8, 4) is 6.07 Å². The molecule has 0 radical (unpaired) electrons. The Morgan fingerprint density at radius 1 is 1.08 bits per heavy atom. The van der Waals surface area contributed by atoms with Gasteiger partial charge in [-0.3, -0.25) is 4.79 Å². The van der Waals surface area contributed by atoms with Crippen molar-refractivity contribution in [3.63, 3.8) is 0 Å². The highest BCUT2D eigenvalue weighted by atomic mass is 16.2. The zero-order chi connectivity index (χ0) is 17.4. The molecule has 0 aliphatic carbocycles. The third-order valence-electron chi connectivity index (χ3n) is 4.79. The van der Waals surface area contributed by atoms with E-state index in [1.54, 1.807) is 0 Å². The van der Waals surface area contributed by atoms with Crippen LogP contribution in [0.3, 0.4) is 0 Å². The molecule has 1 heterocycles. The van der Waals surface area contributed by atoms with Gasteiger partial charge in [-0.15, -0.1) is 0 Å². The monoisotopic (exact) mass is 318 g/mol. The fraction of sp³-hybridized carbons (Fsp3) is 0.333. The van der Waals surface area contributed by atoms with E-state index < -0.39 is 10.8 Å². The third-order valence-corrected chi connectivity index (χ3v) is 4.79. The van der Waals surface area contributed by atoms with Crippen LogP contribution in [0.25, 0.3) is 0 Å². The van der Waals surface area contributed by atoms with Crippen molar-refractivity contribution < 1.29 is 4.79 Å². The van der Waals surface area contributed by atoms with Crippen molar-refractivity contribution in [2.45, 2.75) is 39.2 Å². The highest BCUT2D eigenvalue weighted by Crippen LogP contribution is 2.47. The number of amides is 1. The molecule has 0 saturated heterocycles. The summed E-state index contributed by atoms with van der Waals surface area (Å²) in [6.07, 6.45) is 0.512. The molecule has 0 saturated carbocycles. The van der Waals surface area contributed by atoms with Crippen LogP contribution in [0.5, 0.6) is 0 Å². The molecule has 3 heteroatoms. The molecule has 2 aromatic rings. The number of hydrogen-bond donors (Lipinski definition) is 0. The van der Waals surface area contributed by atoms with Crippen LogP contribution >= 0.6 is 0 Å². The van der Waals surface area contributed by atoms with E-state index in [4.69, 9.17) is 0 Å². The Kier molecular flexibility index (Phi) is 3.93. The first kappa shape index (κ1) is 16.3. The number of nitrogens with zero attached hydrogens (tertiary/aromatic N) is 2. The maximum atomic E-state index is 13.3. The molecule has 1 aliphatic heterocycles. The van der Waals surface area contributed by atoms with Crippen LogP contribution in [0.1, 0.15) is 38.3 Å². The molecule has 3 rings (SSSR count). The maximum absolute atomic E-state index is 13.3. The lowest BCUT2D eigenvalue weighted by Gasteiger charge is -2.30. The summed E-state index contributed by atoms with van der Waals surface area (Å²) in [6.45, 7) is 6.32. The quantitative estimate of drug-likeness (QED) is 0.837. The molecule has 1 aliphatic rings. The number of carbonyl (C=O) groups is 1. The number of hydrogen-bond acceptors (Lipinski definition) is 2. The highest BCUT2D eigenvalue weighted by Gasteiger charge is 2.49. The van der Waals surface area contributed by atoms with Crippen LogP contribution < -0.4 is 4.90 Å². The van der Waals surface area contributed by atoms with Crippen LogP contribution in [-0.2, 0) is 16.8 Å². The second kappa shape index (κ2) is 5.79. The van der Waals surface area contributed by atoms with E-state index in [-0.39, 0.29) is 5.91 Å². The van der Waals surface area contributed by atoms with Crippen LogP contribution in [-0.4, -0.2) is 5.91 Å². The van der Waals surface area contributed by atoms with Gasteiger partial charge in [0.25, 0.3) is 0 Å². The van der Waals surface area contributed by atoms with E-state index in [1.807, 2.05) is 80.3 Å². The summed E-state index contributed by atoms with van der Waals surface area (Å²) in [6, 6.07) is 20.3. The van der Waals surface area contributed by atoms with E-state index in [9.17, 15) is 10.1 Å². The average Bonchev–Trinajstić information content (AvgIpc) is 2.78. The summed E-state index contributed by atoms with van der Waals surface area (Å²) in [5.41, 5.74) is 1.87. The Balaban J connectivity index is 2.02. The van der Waals surface area contributed by atoms with Crippen LogP contribution in [0.15, 0.2) is 54.6 Å². The number of nitriles is 1. The Bertz CT molecular complexity index is 804. The van der Waals surface area contributed by atoms with E-state index in [0.717, 1.165) is 16.8 Å². The van der Waals surface area contributed by atoms with Gasteiger partial charge in [0.15, 0.2) is 0 Å². The number of benzene rings is 2. The van der Waals surface area contributed by atoms with Gasteiger partial charge in [0.05, 0.1) is 23.4 Å². The molecule has 0 spiro atoms. The lowest BCUT2D eigenvalue weighted by molar-refractivity contribution is -0.123. The SMILES string of the molecule is CC(C)(C#N)CC1(C)C(=O)N(Cc2ccccc2)c2ccccc21. The molecule has 1 atom stereocenters. The molecular formula is C21H22N2O. The summed E-state index contributed by atoms with van der Waals surface area (Å²) in [7, 11) is 0. The topological polar surface area (TPSA) is 44.1 Å². The van der Waals surface area contributed by atoms with E-state index in [1.165, 1.54) is 0 Å². The Hall–Kier alpha value is -2.60. The zero-order valence-corrected chi connectivity index (χ0v) is 14.4. The minimum atomic E-state index is -0.662. The largest absolute Gasteiger partial charge is 0.307 e. The number of fused-ring (bicyclic) bond motifs is 1. The van der Waals surface area contributed by atoms with Gasteiger partial charge in [-0.1, -0.05) is 48.5 Å². The summed E-state index contributed by atoms with van der Waals surface area (Å²) < 4.78 is 0. The molecule has 24 heavy (non-hydrogen) atoms.